The summed E-state index contributed by atoms with van der Waals surface area (Å²) in [7, 11) is 2.07. The molecule has 4 heterocycles. The number of amides is 2. The van der Waals surface area contributed by atoms with Gasteiger partial charge in [-0.3, -0.25) is 14.6 Å². The maximum atomic E-state index is 13.2. The van der Waals surface area contributed by atoms with Crippen LogP contribution in [0, 0.1) is 0 Å². The van der Waals surface area contributed by atoms with E-state index in [9.17, 15) is 9.59 Å². The lowest BCUT2D eigenvalue weighted by atomic mass is 10.1. The van der Waals surface area contributed by atoms with Gasteiger partial charge in [-0.05, 0) is 50.2 Å². The van der Waals surface area contributed by atoms with E-state index in [4.69, 9.17) is 0 Å². The predicted octanol–water partition coefficient (Wildman–Crippen LogP) is 2.45. The number of carbonyl (C=O) groups excluding carboxylic acids is 2. The predicted molar refractivity (Wildman–Crippen MR) is 118 cm³/mol. The highest BCUT2D eigenvalue weighted by Crippen LogP contribution is 2.32. The van der Waals surface area contributed by atoms with Crippen LogP contribution < -0.4 is 0 Å². The summed E-state index contributed by atoms with van der Waals surface area (Å²) in [5, 5.41) is 0. The third-order valence-corrected chi connectivity index (χ3v) is 6.74. The number of carbonyl (C=O) groups is 2. The Bertz CT molecular complexity index is 1110. The molecule has 160 valence electrons. The molecule has 0 aliphatic carbocycles. The summed E-state index contributed by atoms with van der Waals surface area (Å²) in [6.07, 6.45) is 3.45. The first-order valence-electron chi connectivity index (χ1n) is 10.6. The second-order valence-electron chi connectivity index (χ2n) is 8.19. The topological polar surface area (TPSA) is 82.5 Å². The highest BCUT2D eigenvalue weighted by atomic mass is 32.1. The zero-order chi connectivity index (χ0) is 21.4. The lowest BCUT2D eigenvalue weighted by Crippen LogP contribution is -2.47. The van der Waals surface area contributed by atoms with Gasteiger partial charge in [0.25, 0.3) is 11.8 Å². The Balaban J connectivity index is 1.32. The third-order valence-electron chi connectivity index (χ3n) is 6.18. The summed E-state index contributed by atoms with van der Waals surface area (Å²) in [5.74, 6) is 0.00784. The zero-order valence-corrected chi connectivity index (χ0v) is 18.2. The van der Waals surface area contributed by atoms with Gasteiger partial charge in [-0.25, -0.2) is 0 Å². The number of aromatic nitrogens is 3. The van der Waals surface area contributed by atoms with Crippen LogP contribution in [0.4, 0.5) is 0 Å². The fraction of sp³-hybridized carbons (Fsp3) is 0.409. The quantitative estimate of drug-likeness (QED) is 0.627. The molecule has 0 spiro atoms. The molecule has 1 atom stereocenters. The van der Waals surface area contributed by atoms with Gasteiger partial charge in [0.15, 0.2) is 0 Å². The van der Waals surface area contributed by atoms with Crippen molar-refractivity contribution in [1.82, 2.24) is 28.4 Å². The van der Waals surface area contributed by atoms with E-state index < -0.39 is 0 Å². The van der Waals surface area contributed by atoms with E-state index in [1.807, 2.05) is 40.1 Å². The maximum Gasteiger partial charge on any atom is 0.255 e. The molecule has 0 radical (unpaired) electrons. The minimum atomic E-state index is -0.0791. The van der Waals surface area contributed by atoms with Crippen LogP contribution in [-0.2, 0) is 0 Å². The van der Waals surface area contributed by atoms with Crippen molar-refractivity contribution in [3.63, 3.8) is 0 Å². The number of nitrogens with zero attached hydrogens (tertiary/aromatic N) is 6. The average molecular weight is 437 g/mol. The highest BCUT2D eigenvalue weighted by Gasteiger charge is 2.32. The van der Waals surface area contributed by atoms with Crippen molar-refractivity contribution < 1.29 is 9.59 Å². The standard InChI is InChI=1S/C22H24N6O2S/c1-26-9-11-27(12-10-26)21(29)16-5-7-18(23-14-16)20-3-2-8-28(20)22(30)15-4-6-17-19(13-15)25-31-24-17/h4-7,13-14,20H,2-3,8-12H2,1H3/t20-/m0/s1. The SMILES string of the molecule is CN1CCN(C(=O)c2ccc([C@@H]3CCCN3C(=O)c3ccc4nsnc4c3)nc2)CC1. The van der Waals surface area contributed by atoms with Gasteiger partial charge in [-0.1, -0.05) is 0 Å². The first kappa shape index (κ1) is 20.0. The number of benzene rings is 1. The molecule has 2 aromatic heterocycles. The van der Waals surface area contributed by atoms with E-state index in [0.717, 1.165) is 67.5 Å². The zero-order valence-electron chi connectivity index (χ0n) is 17.4. The molecule has 2 amide bonds. The van der Waals surface area contributed by atoms with Crippen LogP contribution in [0.5, 0.6) is 0 Å². The van der Waals surface area contributed by atoms with Crippen molar-refractivity contribution in [2.45, 2.75) is 18.9 Å². The molecule has 9 heteroatoms. The van der Waals surface area contributed by atoms with Gasteiger partial charge < -0.3 is 14.7 Å². The van der Waals surface area contributed by atoms with Crippen molar-refractivity contribution in [1.29, 1.82) is 0 Å². The Hall–Kier alpha value is -2.91. The van der Waals surface area contributed by atoms with Crippen molar-refractivity contribution in [3.8, 4) is 0 Å². The molecule has 2 saturated heterocycles. The van der Waals surface area contributed by atoms with Crippen LogP contribution in [0.25, 0.3) is 11.0 Å². The van der Waals surface area contributed by atoms with E-state index >= 15 is 0 Å². The van der Waals surface area contributed by atoms with Crippen molar-refractivity contribution in [2.24, 2.45) is 0 Å². The van der Waals surface area contributed by atoms with Crippen molar-refractivity contribution >= 4 is 34.6 Å². The maximum absolute atomic E-state index is 13.2. The van der Waals surface area contributed by atoms with Crippen LogP contribution >= 0.6 is 11.7 Å². The van der Waals surface area contributed by atoms with Crippen molar-refractivity contribution in [2.75, 3.05) is 39.8 Å². The number of hydrogen-bond acceptors (Lipinski definition) is 7. The number of hydrogen-bond donors (Lipinski definition) is 0. The summed E-state index contributed by atoms with van der Waals surface area (Å²) in [6, 6.07) is 9.12. The molecule has 0 bridgehead atoms. The summed E-state index contributed by atoms with van der Waals surface area (Å²) in [4.78, 5) is 36.5. The van der Waals surface area contributed by atoms with Crippen LogP contribution in [0.15, 0.2) is 36.5 Å². The Labute approximate surface area is 184 Å². The fourth-order valence-electron chi connectivity index (χ4n) is 4.32. The van der Waals surface area contributed by atoms with Crippen LogP contribution in [0.3, 0.4) is 0 Å². The van der Waals surface area contributed by atoms with Gasteiger partial charge in [0.1, 0.15) is 11.0 Å². The van der Waals surface area contributed by atoms with E-state index in [-0.39, 0.29) is 17.9 Å². The molecule has 1 aromatic carbocycles. The summed E-state index contributed by atoms with van der Waals surface area (Å²) in [5.41, 5.74) is 3.61. The number of likely N-dealkylation sites (N-methyl/N-ethyl adjacent to an activating group) is 1. The van der Waals surface area contributed by atoms with Crippen LogP contribution in [0.2, 0.25) is 0 Å². The van der Waals surface area contributed by atoms with Gasteiger partial charge in [0, 0.05) is 44.5 Å². The first-order valence-corrected chi connectivity index (χ1v) is 11.3. The summed E-state index contributed by atoms with van der Waals surface area (Å²) >= 11 is 1.15. The minimum absolute atomic E-state index is 0.0169. The molecule has 2 fully saturated rings. The van der Waals surface area contributed by atoms with Crippen LogP contribution in [0.1, 0.15) is 45.3 Å². The molecular weight excluding hydrogens is 412 g/mol. The Kier molecular flexibility index (Phi) is 5.37. The van der Waals surface area contributed by atoms with E-state index in [2.05, 4.69) is 25.7 Å². The van der Waals surface area contributed by atoms with Gasteiger partial charge in [0.2, 0.25) is 0 Å². The molecule has 0 N–H and O–H groups in total. The number of fused-ring (bicyclic) bond motifs is 1. The highest BCUT2D eigenvalue weighted by molar-refractivity contribution is 7.00. The number of likely N-dealkylation sites (tertiary alicyclic amines) is 1. The molecule has 31 heavy (non-hydrogen) atoms. The van der Waals surface area contributed by atoms with Gasteiger partial charge in [0.05, 0.1) is 29.0 Å². The molecule has 2 aliphatic heterocycles. The fourth-order valence-corrected chi connectivity index (χ4v) is 4.84. The minimum Gasteiger partial charge on any atom is -0.336 e. The third kappa shape index (κ3) is 3.90. The molecule has 3 aromatic rings. The molecule has 2 aliphatic rings. The second kappa shape index (κ2) is 8.32. The monoisotopic (exact) mass is 436 g/mol. The van der Waals surface area contributed by atoms with Gasteiger partial charge >= 0.3 is 0 Å². The van der Waals surface area contributed by atoms with E-state index in [0.29, 0.717) is 17.7 Å². The number of rotatable bonds is 3. The second-order valence-corrected chi connectivity index (χ2v) is 8.72. The smallest absolute Gasteiger partial charge is 0.255 e. The number of pyridine rings is 1. The Morgan fingerprint density at radius 2 is 1.71 bits per heavy atom. The van der Waals surface area contributed by atoms with Gasteiger partial charge in [-0.15, -0.1) is 0 Å². The normalized spacial score (nSPS) is 19.8. The van der Waals surface area contributed by atoms with Crippen molar-refractivity contribution in [3.05, 3.63) is 53.3 Å². The lowest BCUT2D eigenvalue weighted by molar-refractivity contribution is 0.0662. The van der Waals surface area contributed by atoms with E-state index in [1.165, 1.54) is 0 Å². The largest absolute Gasteiger partial charge is 0.336 e. The van der Waals surface area contributed by atoms with Crippen LogP contribution in [-0.4, -0.2) is 80.0 Å². The molecule has 0 unspecified atom stereocenters. The Morgan fingerprint density at radius 3 is 2.48 bits per heavy atom. The average Bonchev–Trinajstić information content (AvgIpc) is 3.48. The molecule has 0 saturated carbocycles. The van der Waals surface area contributed by atoms with Gasteiger partial charge in [-0.2, -0.15) is 8.75 Å². The first-order chi connectivity index (χ1) is 15.1. The molecule has 8 nitrogen and oxygen atoms in total. The molecule has 5 rings (SSSR count). The summed E-state index contributed by atoms with van der Waals surface area (Å²) in [6.45, 7) is 3.94. The van der Waals surface area contributed by atoms with E-state index in [1.54, 1.807) is 6.20 Å². The Morgan fingerprint density at radius 1 is 0.935 bits per heavy atom. The number of piperazine rings is 1. The molecular formula is C22H24N6O2S. The summed E-state index contributed by atoms with van der Waals surface area (Å²) < 4.78 is 8.44. The lowest BCUT2D eigenvalue weighted by Gasteiger charge is -2.32.